The smallest absolute Gasteiger partial charge is 0.130 e. The van der Waals surface area contributed by atoms with Gasteiger partial charge in [-0.3, -0.25) is 0 Å². The minimum absolute atomic E-state index is 0.0865. The SMILES string of the molecule is CCc1cc(NC2CC(C)(C)OC2(C)C)nc(C)n1. The van der Waals surface area contributed by atoms with Crippen LogP contribution in [-0.2, 0) is 11.2 Å². The van der Waals surface area contributed by atoms with E-state index in [-0.39, 0.29) is 17.2 Å². The highest BCUT2D eigenvalue weighted by Gasteiger charge is 2.45. The summed E-state index contributed by atoms with van der Waals surface area (Å²) >= 11 is 0. The van der Waals surface area contributed by atoms with E-state index >= 15 is 0 Å². The summed E-state index contributed by atoms with van der Waals surface area (Å²) < 4.78 is 6.10. The Morgan fingerprint density at radius 3 is 2.53 bits per heavy atom. The number of nitrogens with zero attached hydrogens (tertiary/aromatic N) is 2. The molecule has 0 bridgehead atoms. The third kappa shape index (κ3) is 3.24. The van der Waals surface area contributed by atoms with Crippen LogP contribution in [0.15, 0.2) is 6.07 Å². The summed E-state index contributed by atoms with van der Waals surface area (Å²) in [6.07, 6.45) is 1.90. The van der Waals surface area contributed by atoms with Crippen molar-refractivity contribution in [3.8, 4) is 0 Å². The topological polar surface area (TPSA) is 47.0 Å². The van der Waals surface area contributed by atoms with Gasteiger partial charge in [0.15, 0.2) is 0 Å². The van der Waals surface area contributed by atoms with Gasteiger partial charge in [-0.1, -0.05) is 6.92 Å². The first kappa shape index (κ1) is 14.3. The summed E-state index contributed by atoms with van der Waals surface area (Å²) in [6.45, 7) is 12.6. The molecular formula is C15H25N3O. The molecule has 106 valence electrons. The molecule has 1 aromatic rings. The second-order valence-corrected chi connectivity index (χ2v) is 6.51. The van der Waals surface area contributed by atoms with Gasteiger partial charge in [-0.05, 0) is 47.5 Å². The lowest BCUT2D eigenvalue weighted by molar-refractivity contribution is -0.0662. The number of hydrogen-bond donors (Lipinski definition) is 1. The van der Waals surface area contributed by atoms with Crippen molar-refractivity contribution in [2.75, 3.05) is 5.32 Å². The lowest BCUT2D eigenvalue weighted by atomic mass is 9.94. The van der Waals surface area contributed by atoms with Crippen LogP contribution in [0.2, 0.25) is 0 Å². The molecule has 0 saturated carbocycles. The summed E-state index contributed by atoms with van der Waals surface area (Å²) in [5.74, 6) is 1.72. The maximum atomic E-state index is 6.10. The molecule has 1 aliphatic heterocycles. The minimum atomic E-state index is -0.186. The minimum Gasteiger partial charge on any atom is -0.367 e. The Morgan fingerprint density at radius 2 is 2.00 bits per heavy atom. The predicted octanol–water partition coefficient (Wildman–Crippen LogP) is 3.11. The van der Waals surface area contributed by atoms with Gasteiger partial charge >= 0.3 is 0 Å². The molecule has 0 amide bonds. The van der Waals surface area contributed by atoms with Gasteiger partial charge in [0.05, 0.1) is 17.2 Å². The van der Waals surface area contributed by atoms with E-state index in [0.717, 1.165) is 30.2 Å². The van der Waals surface area contributed by atoms with Crippen molar-refractivity contribution < 1.29 is 4.74 Å². The lowest BCUT2D eigenvalue weighted by Crippen LogP contribution is -2.38. The fourth-order valence-electron chi connectivity index (χ4n) is 2.85. The summed E-state index contributed by atoms with van der Waals surface area (Å²) in [5, 5.41) is 3.53. The molecule has 4 heteroatoms. The number of anilines is 1. The molecular weight excluding hydrogens is 238 g/mol. The molecule has 0 spiro atoms. The number of aromatic nitrogens is 2. The van der Waals surface area contributed by atoms with Crippen LogP contribution in [0.4, 0.5) is 5.82 Å². The molecule has 1 unspecified atom stereocenters. The quantitative estimate of drug-likeness (QED) is 0.910. The molecule has 1 saturated heterocycles. The second kappa shape index (κ2) is 4.75. The molecule has 1 N–H and O–H groups in total. The lowest BCUT2D eigenvalue weighted by Gasteiger charge is -2.28. The van der Waals surface area contributed by atoms with E-state index in [0.29, 0.717) is 0 Å². The van der Waals surface area contributed by atoms with Gasteiger partial charge in [0.25, 0.3) is 0 Å². The third-order valence-electron chi connectivity index (χ3n) is 3.65. The second-order valence-electron chi connectivity index (χ2n) is 6.51. The zero-order valence-electron chi connectivity index (χ0n) is 12.9. The first-order chi connectivity index (χ1) is 8.72. The van der Waals surface area contributed by atoms with Gasteiger partial charge in [0.1, 0.15) is 11.6 Å². The van der Waals surface area contributed by atoms with Gasteiger partial charge in [0, 0.05) is 11.8 Å². The van der Waals surface area contributed by atoms with Crippen LogP contribution in [0.5, 0.6) is 0 Å². The first-order valence-corrected chi connectivity index (χ1v) is 7.03. The first-order valence-electron chi connectivity index (χ1n) is 7.03. The van der Waals surface area contributed by atoms with Crippen molar-refractivity contribution in [3.63, 3.8) is 0 Å². The summed E-state index contributed by atoms with van der Waals surface area (Å²) in [4.78, 5) is 8.89. The number of nitrogens with one attached hydrogen (secondary N) is 1. The normalized spacial score (nSPS) is 24.4. The molecule has 0 aliphatic carbocycles. The van der Waals surface area contributed by atoms with Gasteiger partial charge in [-0.15, -0.1) is 0 Å². The third-order valence-corrected chi connectivity index (χ3v) is 3.65. The molecule has 1 atom stereocenters. The zero-order valence-corrected chi connectivity index (χ0v) is 12.9. The molecule has 0 radical (unpaired) electrons. The van der Waals surface area contributed by atoms with Crippen LogP contribution in [0.3, 0.4) is 0 Å². The number of aryl methyl sites for hydroxylation is 2. The van der Waals surface area contributed by atoms with E-state index < -0.39 is 0 Å². The number of hydrogen-bond acceptors (Lipinski definition) is 4. The Hall–Kier alpha value is -1.16. The Kier molecular flexibility index (Phi) is 3.56. The van der Waals surface area contributed by atoms with Crippen molar-refractivity contribution in [2.45, 2.75) is 71.6 Å². The van der Waals surface area contributed by atoms with Crippen LogP contribution in [0, 0.1) is 6.92 Å². The fraction of sp³-hybridized carbons (Fsp3) is 0.733. The number of ether oxygens (including phenoxy) is 1. The van der Waals surface area contributed by atoms with E-state index in [1.54, 1.807) is 0 Å². The van der Waals surface area contributed by atoms with E-state index in [9.17, 15) is 0 Å². The molecule has 0 aromatic carbocycles. The molecule has 2 heterocycles. The maximum absolute atomic E-state index is 6.10. The van der Waals surface area contributed by atoms with Crippen molar-refractivity contribution in [3.05, 3.63) is 17.6 Å². The molecule has 1 aliphatic rings. The predicted molar refractivity (Wildman–Crippen MR) is 77.4 cm³/mol. The highest BCUT2D eigenvalue weighted by atomic mass is 16.5. The van der Waals surface area contributed by atoms with E-state index in [1.165, 1.54) is 0 Å². The van der Waals surface area contributed by atoms with Crippen molar-refractivity contribution >= 4 is 5.82 Å². The van der Waals surface area contributed by atoms with Crippen LogP contribution in [-0.4, -0.2) is 27.2 Å². The maximum Gasteiger partial charge on any atom is 0.130 e. The Bertz CT molecular complexity index is 468. The van der Waals surface area contributed by atoms with Gasteiger partial charge in [-0.25, -0.2) is 9.97 Å². The van der Waals surface area contributed by atoms with E-state index in [1.807, 2.05) is 13.0 Å². The summed E-state index contributed by atoms with van der Waals surface area (Å²) in [7, 11) is 0. The van der Waals surface area contributed by atoms with Crippen molar-refractivity contribution in [2.24, 2.45) is 0 Å². The van der Waals surface area contributed by atoms with Crippen LogP contribution < -0.4 is 5.32 Å². The summed E-state index contributed by atoms with van der Waals surface area (Å²) in [5.41, 5.74) is 0.803. The monoisotopic (exact) mass is 263 g/mol. The fourth-order valence-corrected chi connectivity index (χ4v) is 2.85. The molecule has 1 aromatic heterocycles. The largest absolute Gasteiger partial charge is 0.367 e. The Balaban J connectivity index is 2.19. The molecule has 19 heavy (non-hydrogen) atoms. The zero-order chi connectivity index (χ0) is 14.3. The molecule has 2 rings (SSSR count). The molecule has 4 nitrogen and oxygen atoms in total. The van der Waals surface area contributed by atoms with E-state index in [2.05, 4.69) is 49.9 Å². The summed E-state index contributed by atoms with van der Waals surface area (Å²) in [6, 6.07) is 2.30. The average molecular weight is 263 g/mol. The van der Waals surface area contributed by atoms with Crippen LogP contribution in [0.25, 0.3) is 0 Å². The highest BCUT2D eigenvalue weighted by Crippen LogP contribution is 2.38. The van der Waals surface area contributed by atoms with Crippen molar-refractivity contribution in [1.82, 2.24) is 9.97 Å². The van der Waals surface area contributed by atoms with Gasteiger partial charge in [-0.2, -0.15) is 0 Å². The Morgan fingerprint density at radius 1 is 1.32 bits per heavy atom. The van der Waals surface area contributed by atoms with Gasteiger partial charge < -0.3 is 10.1 Å². The van der Waals surface area contributed by atoms with Crippen LogP contribution in [0.1, 0.15) is 52.6 Å². The van der Waals surface area contributed by atoms with E-state index in [4.69, 9.17) is 4.74 Å². The Labute approximate surface area is 116 Å². The average Bonchev–Trinajstić information content (AvgIpc) is 2.45. The molecule has 1 fully saturated rings. The van der Waals surface area contributed by atoms with Crippen molar-refractivity contribution in [1.29, 1.82) is 0 Å². The van der Waals surface area contributed by atoms with Crippen LogP contribution >= 0.6 is 0 Å². The standard InChI is InChI=1S/C15H25N3O/c1-7-11-8-13(17-10(2)16-11)18-12-9-14(3,4)19-15(12,5)6/h8,12H,7,9H2,1-6H3,(H,16,17,18). The highest BCUT2D eigenvalue weighted by molar-refractivity contribution is 5.38. The van der Waals surface area contributed by atoms with Gasteiger partial charge in [0.2, 0.25) is 0 Å². The number of rotatable bonds is 3.